The lowest BCUT2D eigenvalue weighted by atomic mass is 9.99. The number of hydrogen-bond donors (Lipinski definition) is 1. The molecule has 1 aliphatic rings. The van der Waals surface area contributed by atoms with E-state index in [0.717, 1.165) is 19.6 Å². The van der Waals surface area contributed by atoms with Crippen LogP contribution >= 0.6 is 0 Å². The van der Waals surface area contributed by atoms with Crippen LogP contribution in [0.25, 0.3) is 0 Å². The summed E-state index contributed by atoms with van der Waals surface area (Å²) in [6.45, 7) is 13.5. The molecule has 0 bridgehead atoms. The van der Waals surface area contributed by atoms with Crippen molar-refractivity contribution >= 4 is 0 Å². The molecule has 1 saturated heterocycles. The monoisotopic (exact) mass is 276 g/mol. The van der Waals surface area contributed by atoms with Crippen molar-refractivity contribution in [1.29, 1.82) is 0 Å². The highest BCUT2D eigenvalue weighted by Gasteiger charge is 2.31. The fourth-order valence-electron chi connectivity index (χ4n) is 3.10. The quantitative estimate of drug-likeness (QED) is 0.922. The number of hydrogen-bond acceptors (Lipinski definition) is 3. The van der Waals surface area contributed by atoms with Crippen molar-refractivity contribution in [3.05, 3.63) is 34.9 Å². The van der Waals surface area contributed by atoms with Crippen LogP contribution in [0.4, 0.5) is 0 Å². The summed E-state index contributed by atoms with van der Waals surface area (Å²) in [5.41, 5.74) is 10.2. The molecule has 2 atom stereocenters. The normalized spacial score (nSPS) is 24.6. The van der Waals surface area contributed by atoms with E-state index < -0.39 is 0 Å². The van der Waals surface area contributed by atoms with Gasteiger partial charge in [0.15, 0.2) is 0 Å². The molecule has 2 N–H and O–H groups in total. The zero-order valence-electron chi connectivity index (χ0n) is 13.4. The molecule has 2 rings (SSSR count). The first-order valence-electron chi connectivity index (χ1n) is 7.50. The molecule has 0 radical (unpaired) electrons. The summed E-state index contributed by atoms with van der Waals surface area (Å²) in [6, 6.07) is 6.60. The molecule has 2 unspecified atom stereocenters. The Hall–Kier alpha value is -0.900. The van der Waals surface area contributed by atoms with Crippen LogP contribution in [0.1, 0.15) is 43.5 Å². The fraction of sp³-hybridized carbons (Fsp3) is 0.647. The Morgan fingerprint density at radius 3 is 2.65 bits per heavy atom. The van der Waals surface area contributed by atoms with Gasteiger partial charge in [-0.2, -0.15) is 0 Å². The lowest BCUT2D eigenvalue weighted by molar-refractivity contribution is -0.129. The van der Waals surface area contributed by atoms with Gasteiger partial charge in [0.1, 0.15) is 0 Å². The standard InChI is InChI=1S/C17H28N2O/c1-12-6-7-15(8-13(12)2)16(18)10-19-9-14(3)20-17(4,5)11-19/h6-8,14,16H,9-11,18H2,1-5H3. The summed E-state index contributed by atoms with van der Waals surface area (Å²) < 4.78 is 5.94. The van der Waals surface area contributed by atoms with Crippen LogP contribution in [0.5, 0.6) is 0 Å². The Morgan fingerprint density at radius 1 is 1.35 bits per heavy atom. The fourth-order valence-corrected chi connectivity index (χ4v) is 3.10. The van der Waals surface area contributed by atoms with Crippen molar-refractivity contribution in [2.24, 2.45) is 5.73 Å². The van der Waals surface area contributed by atoms with Gasteiger partial charge < -0.3 is 10.5 Å². The van der Waals surface area contributed by atoms with Gasteiger partial charge in [0.05, 0.1) is 11.7 Å². The Kier molecular flexibility index (Phi) is 4.52. The van der Waals surface area contributed by atoms with Gasteiger partial charge >= 0.3 is 0 Å². The van der Waals surface area contributed by atoms with Crippen LogP contribution < -0.4 is 5.73 Å². The third-order valence-corrected chi connectivity index (χ3v) is 4.05. The molecule has 0 amide bonds. The number of ether oxygens (including phenoxy) is 1. The van der Waals surface area contributed by atoms with Gasteiger partial charge in [0.25, 0.3) is 0 Å². The molecule has 0 saturated carbocycles. The third kappa shape index (κ3) is 3.81. The van der Waals surface area contributed by atoms with E-state index in [1.165, 1.54) is 16.7 Å². The first-order chi connectivity index (χ1) is 9.27. The van der Waals surface area contributed by atoms with E-state index in [0.29, 0.717) is 0 Å². The highest BCUT2D eigenvalue weighted by Crippen LogP contribution is 2.23. The van der Waals surface area contributed by atoms with E-state index in [4.69, 9.17) is 10.5 Å². The zero-order chi connectivity index (χ0) is 14.9. The Morgan fingerprint density at radius 2 is 2.05 bits per heavy atom. The van der Waals surface area contributed by atoms with Crippen molar-refractivity contribution in [2.45, 2.75) is 52.4 Å². The van der Waals surface area contributed by atoms with Crippen molar-refractivity contribution in [1.82, 2.24) is 4.90 Å². The maximum absolute atomic E-state index is 6.40. The maximum atomic E-state index is 6.40. The van der Waals surface area contributed by atoms with Gasteiger partial charge in [-0.05, 0) is 51.3 Å². The number of nitrogens with two attached hydrogens (primary N) is 1. The van der Waals surface area contributed by atoms with Gasteiger partial charge in [-0.15, -0.1) is 0 Å². The van der Waals surface area contributed by atoms with E-state index in [9.17, 15) is 0 Å². The topological polar surface area (TPSA) is 38.5 Å². The highest BCUT2D eigenvalue weighted by atomic mass is 16.5. The van der Waals surface area contributed by atoms with Crippen LogP contribution in [0.2, 0.25) is 0 Å². The third-order valence-electron chi connectivity index (χ3n) is 4.05. The van der Waals surface area contributed by atoms with Crippen molar-refractivity contribution in [3.63, 3.8) is 0 Å². The second-order valence-electron chi connectivity index (χ2n) is 6.83. The molecule has 20 heavy (non-hydrogen) atoms. The smallest absolute Gasteiger partial charge is 0.0757 e. The van der Waals surface area contributed by atoms with Gasteiger partial charge in [0, 0.05) is 25.7 Å². The first kappa shape index (κ1) is 15.5. The van der Waals surface area contributed by atoms with Crippen molar-refractivity contribution in [3.8, 4) is 0 Å². The largest absolute Gasteiger partial charge is 0.370 e. The second kappa shape index (κ2) is 5.84. The number of aryl methyl sites for hydroxylation is 2. The maximum Gasteiger partial charge on any atom is 0.0757 e. The molecule has 1 aliphatic heterocycles. The average Bonchev–Trinajstić information content (AvgIpc) is 2.29. The summed E-state index contributed by atoms with van der Waals surface area (Å²) >= 11 is 0. The minimum absolute atomic E-state index is 0.0652. The van der Waals surface area contributed by atoms with Crippen LogP contribution in [-0.4, -0.2) is 36.2 Å². The molecular weight excluding hydrogens is 248 g/mol. The average molecular weight is 276 g/mol. The van der Waals surface area contributed by atoms with Crippen molar-refractivity contribution in [2.75, 3.05) is 19.6 Å². The van der Waals surface area contributed by atoms with Crippen molar-refractivity contribution < 1.29 is 4.74 Å². The zero-order valence-corrected chi connectivity index (χ0v) is 13.4. The number of rotatable bonds is 3. The van der Waals surface area contributed by atoms with E-state index >= 15 is 0 Å². The molecule has 3 nitrogen and oxygen atoms in total. The Bertz CT molecular complexity index is 470. The Labute approximate surface area is 123 Å². The molecule has 1 fully saturated rings. The van der Waals surface area contributed by atoms with E-state index in [1.807, 2.05) is 0 Å². The number of benzene rings is 1. The van der Waals surface area contributed by atoms with E-state index in [2.05, 4.69) is 57.7 Å². The molecule has 1 aromatic rings. The molecule has 0 aliphatic carbocycles. The summed E-state index contributed by atoms with van der Waals surface area (Å²) in [5.74, 6) is 0. The van der Waals surface area contributed by atoms with Crippen LogP contribution in [0.3, 0.4) is 0 Å². The minimum Gasteiger partial charge on any atom is -0.370 e. The minimum atomic E-state index is -0.0828. The molecule has 0 spiro atoms. The Balaban J connectivity index is 2.03. The molecule has 1 aromatic carbocycles. The van der Waals surface area contributed by atoms with Gasteiger partial charge in [-0.25, -0.2) is 0 Å². The summed E-state index contributed by atoms with van der Waals surface area (Å²) in [7, 11) is 0. The molecule has 3 heteroatoms. The van der Waals surface area contributed by atoms with Crippen LogP contribution in [-0.2, 0) is 4.74 Å². The molecule has 1 heterocycles. The van der Waals surface area contributed by atoms with E-state index in [-0.39, 0.29) is 17.7 Å². The predicted molar refractivity (Wildman–Crippen MR) is 83.9 cm³/mol. The summed E-state index contributed by atoms with van der Waals surface area (Å²) in [5, 5.41) is 0. The number of nitrogens with zero attached hydrogens (tertiary/aromatic N) is 1. The SMILES string of the molecule is Cc1ccc(C(N)CN2CC(C)OC(C)(C)C2)cc1C. The van der Waals surface area contributed by atoms with Gasteiger partial charge in [-0.3, -0.25) is 4.90 Å². The highest BCUT2D eigenvalue weighted by molar-refractivity contribution is 5.31. The molecule has 0 aromatic heterocycles. The summed E-state index contributed by atoms with van der Waals surface area (Å²) in [4.78, 5) is 2.42. The van der Waals surface area contributed by atoms with Gasteiger partial charge in [-0.1, -0.05) is 18.2 Å². The molecular formula is C17H28N2O. The predicted octanol–water partition coefficient (Wildman–Crippen LogP) is 2.80. The van der Waals surface area contributed by atoms with Crippen LogP contribution in [0, 0.1) is 13.8 Å². The van der Waals surface area contributed by atoms with Crippen LogP contribution in [0.15, 0.2) is 18.2 Å². The van der Waals surface area contributed by atoms with E-state index in [1.54, 1.807) is 0 Å². The number of morpholine rings is 1. The second-order valence-corrected chi connectivity index (χ2v) is 6.83. The summed E-state index contributed by atoms with van der Waals surface area (Å²) in [6.07, 6.45) is 0.269. The lowest BCUT2D eigenvalue weighted by Crippen LogP contribution is -2.53. The first-order valence-corrected chi connectivity index (χ1v) is 7.50. The van der Waals surface area contributed by atoms with Gasteiger partial charge in [0.2, 0.25) is 0 Å². The lowest BCUT2D eigenvalue weighted by Gasteiger charge is -2.42. The molecule has 112 valence electrons.